The molecule has 2 rings (SSSR count). The van der Waals surface area contributed by atoms with Crippen molar-refractivity contribution < 1.29 is 4.79 Å². The fourth-order valence-electron chi connectivity index (χ4n) is 3.33. The molecule has 0 spiro atoms. The Balaban J connectivity index is 1.87. The zero-order valence-corrected chi connectivity index (χ0v) is 11.3. The maximum Gasteiger partial charge on any atom is 0.240 e. The standard InChI is InChI=1S/C14H26N2O/c1-3-14(8-4-5-9-14)11-15-12(17)13(2)7-6-10-16-13/h16H,3-11H2,1-2H3,(H,15,17). The largest absolute Gasteiger partial charge is 0.354 e. The quantitative estimate of drug-likeness (QED) is 0.788. The maximum absolute atomic E-state index is 12.2. The first kappa shape index (κ1) is 12.9. The highest BCUT2D eigenvalue weighted by atomic mass is 16.2. The van der Waals surface area contributed by atoms with Crippen molar-refractivity contribution in [3.05, 3.63) is 0 Å². The van der Waals surface area contributed by atoms with Gasteiger partial charge in [0.25, 0.3) is 0 Å². The number of hydrogen-bond acceptors (Lipinski definition) is 2. The summed E-state index contributed by atoms with van der Waals surface area (Å²) in [5, 5.41) is 6.52. The minimum Gasteiger partial charge on any atom is -0.354 e. The Labute approximate surface area is 105 Å². The van der Waals surface area contributed by atoms with E-state index in [4.69, 9.17) is 0 Å². The third-order valence-electron chi connectivity index (χ3n) is 4.91. The van der Waals surface area contributed by atoms with Crippen LogP contribution in [0, 0.1) is 5.41 Å². The molecule has 0 bridgehead atoms. The van der Waals surface area contributed by atoms with Crippen LogP contribution in [0.3, 0.4) is 0 Å². The Morgan fingerprint density at radius 1 is 1.24 bits per heavy atom. The van der Waals surface area contributed by atoms with Crippen LogP contribution in [-0.4, -0.2) is 24.5 Å². The Hall–Kier alpha value is -0.570. The van der Waals surface area contributed by atoms with E-state index in [1.807, 2.05) is 6.92 Å². The first-order valence-corrected chi connectivity index (χ1v) is 7.14. The molecule has 1 aliphatic heterocycles. The van der Waals surface area contributed by atoms with Gasteiger partial charge in [-0.2, -0.15) is 0 Å². The van der Waals surface area contributed by atoms with Crippen LogP contribution in [0.25, 0.3) is 0 Å². The normalized spacial score (nSPS) is 31.6. The number of nitrogens with one attached hydrogen (secondary N) is 2. The monoisotopic (exact) mass is 238 g/mol. The Morgan fingerprint density at radius 2 is 1.94 bits per heavy atom. The molecule has 3 heteroatoms. The van der Waals surface area contributed by atoms with Gasteiger partial charge in [-0.25, -0.2) is 0 Å². The smallest absolute Gasteiger partial charge is 0.240 e. The van der Waals surface area contributed by atoms with Gasteiger partial charge in [0.2, 0.25) is 5.91 Å². The SMILES string of the molecule is CCC1(CNC(=O)C2(C)CCCN2)CCCC1. The van der Waals surface area contributed by atoms with E-state index in [-0.39, 0.29) is 11.4 Å². The van der Waals surface area contributed by atoms with Crippen molar-refractivity contribution in [3.8, 4) is 0 Å². The van der Waals surface area contributed by atoms with E-state index in [1.165, 1.54) is 32.1 Å². The molecule has 2 fully saturated rings. The van der Waals surface area contributed by atoms with Gasteiger partial charge in [0.15, 0.2) is 0 Å². The minimum atomic E-state index is -0.312. The van der Waals surface area contributed by atoms with Crippen LogP contribution in [0.15, 0.2) is 0 Å². The lowest BCUT2D eigenvalue weighted by atomic mass is 9.83. The second-order valence-electron chi connectivity index (χ2n) is 6.11. The van der Waals surface area contributed by atoms with Gasteiger partial charge in [0, 0.05) is 6.54 Å². The lowest BCUT2D eigenvalue weighted by Gasteiger charge is -2.30. The number of rotatable bonds is 4. The summed E-state index contributed by atoms with van der Waals surface area (Å²) in [5.74, 6) is 0.203. The van der Waals surface area contributed by atoms with Crippen molar-refractivity contribution in [1.29, 1.82) is 0 Å². The molecule has 1 atom stereocenters. The van der Waals surface area contributed by atoms with Crippen LogP contribution in [0.2, 0.25) is 0 Å². The first-order valence-electron chi connectivity index (χ1n) is 7.14. The number of hydrogen-bond donors (Lipinski definition) is 2. The summed E-state index contributed by atoms with van der Waals surface area (Å²) in [7, 11) is 0. The Bertz CT molecular complexity index is 276. The van der Waals surface area contributed by atoms with Crippen LogP contribution >= 0.6 is 0 Å². The number of amides is 1. The van der Waals surface area contributed by atoms with Gasteiger partial charge in [0.05, 0.1) is 5.54 Å². The molecule has 1 heterocycles. The third kappa shape index (κ3) is 2.65. The lowest BCUT2D eigenvalue weighted by molar-refractivity contribution is -0.127. The lowest BCUT2D eigenvalue weighted by Crippen LogP contribution is -2.53. The van der Waals surface area contributed by atoms with Crippen LogP contribution in [-0.2, 0) is 4.79 Å². The molecule has 1 saturated heterocycles. The molecule has 98 valence electrons. The van der Waals surface area contributed by atoms with Gasteiger partial charge < -0.3 is 10.6 Å². The van der Waals surface area contributed by atoms with Crippen molar-refractivity contribution in [1.82, 2.24) is 10.6 Å². The molecule has 1 saturated carbocycles. The van der Waals surface area contributed by atoms with Gasteiger partial charge in [-0.15, -0.1) is 0 Å². The van der Waals surface area contributed by atoms with E-state index in [9.17, 15) is 4.79 Å². The first-order chi connectivity index (χ1) is 8.10. The van der Waals surface area contributed by atoms with E-state index in [2.05, 4.69) is 17.6 Å². The number of carbonyl (C=O) groups is 1. The summed E-state index contributed by atoms with van der Waals surface area (Å²) in [5.41, 5.74) is 0.0815. The van der Waals surface area contributed by atoms with Crippen LogP contribution in [0.4, 0.5) is 0 Å². The summed E-state index contributed by atoms with van der Waals surface area (Å²) >= 11 is 0. The van der Waals surface area contributed by atoms with Gasteiger partial charge in [-0.3, -0.25) is 4.79 Å². The topological polar surface area (TPSA) is 41.1 Å². The van der Waals surface area contributed by atoms with Gasteiger partial charge in [0.1, 0.15) is 0 Å². The predicted molar refractivity (Wildman–Crippen MR) is 69.8 cm³/mol. The molecule has 1 amide bonds. The maximum atomic E-state index is 12.2. The summed E-state index contributed by atoms with van der Waals surface area (Å²) < 4.78 is 0. The second kappa shape index (κ2) is 4.97. The van der Waals surface area contributed by atoms with E-state index in [1.54, 1.807) is 0 Å². The molecule has 3 nitrogen and oxygen atoms in total. The Morgan fingerprint density at radius 3 is 2.47 bits per heavy atom. The van der Waals surface area contributed by atoms with Gasteiger partial charge in [-0.05, 0) is 51.0 Å². The molecule has 2 N–H and O–H groups in total. The van der Waals surface area contributed by atoms with E-state index in [0.29, 0.717) is 5.41 Å². The molecule has 17 heavy (non-hydrogen) atoms. The van der Waals surface area contributed by atoms with Crippen molar-refractivity contribution in [2.24, 2.45) is 5.41 Å². The zero-order valence-electron chi connectivity index (χ0n) is 11.3. The van der Waals surface area contributed by atoms with E-state index < -0.39 is 0 Å². The molecule has 2 aliphatic rings. The predicted octanol–water partition coefficient (Wildman–Crippen LogP) is 2.22. The minimum absolute atomic E-state index is 0.203. The van der Waals surface area contributed by atoms with Crippen LogP contribution < -0.4 is 10.6 Å². The van der Waals surface area contributed by atoms with Crippen molar-refractivity contribution in [2.45, 2.75) is 64.3 Å². The molecule has 1 unspecified atom stereocenters. The van der Waals surface area contributed by atoms with Crippen molar-refractivity contribution in [3.63, 3.8) is 0 Å². The summed E-state index contributed by atoms with van der Waals surface area (Å²) in [6.07, 6.45) is 8.51. The summed E-state index contributed by atoms with van der Waals surface area (Å²) in [6, 6.07) is 0. The van der Waals surface area contributed by atoms with Crippen molar-refractivity contribution in [2.75, 3.05) is 13.1 Å². The fourth-order valence-corrected chi connectivity index (χ4v) is 3.33. The second-order valence-corrected chi connectivity index (χ2v) is 6.11. The molecule has 0 aromatic carbocycles. The highest BCUT2D eigenvalue weighted by molar-refractivity contribution is 5.86. The van der Waals surface area contributed by atoms with E-state index >= 15 is 0 Å². The molecule has 0 aromatic heterocycles. The Kier molecular flexibility index (Phi) is 3.76. The third-order valence-corrected chi connectivity index (χ3v) is 4.91. The summed E-state index contributed by atoms with van der Waals surface area (Å²) in [4.78, 5) is 12.2. The molecular weight excluding hydrogens is 212 g/mol. The molecule has 0 radical (unpaired) electrons. The molecular formula is C14H26N2O. The van der Waals surface area contributed by atoms with Crippen LogP contribution in [0.1, 0.15) is 58.8 Å². The number of carbonyl (C=O) groups excluding carboxylic acids is 1. The molecule has 1 aliphatic carbocycles. The zero-order chi connectivity index (χ0) is 12.4. The average molecular weight is 238 g/mol. The fraction of sp³-hybridized carbons (Fsp3) is 0.929. The molecule has 0 aromatic rings. The highest BCUT2D eigenvalue weighted by Crippen LogP contribution is 2.40. The summed E-state index contributed by atoms with van der Waals surface area (Å²) in [6.45, 7) is 6.14. The van der Waals surface area contributed by atoms with Gasteiger partial charge in [-0.1, -0.05) is 19.8 Å². The van der Waals surface area contributed by atoms with Gasteiger partial charge >= 0.3 is 0 Å². The van der Waals surface area contributed by atoms with Crippen molar-refractivity contribution >= 4 is 5.91 Å². The van der Waals surface area contributed by atoms with E-state index in [0.717, 1.165) is 25.9 Å². The van der Waals surface area contributed by atoms with Crippen LogP contribution in [0.5, 0.6) is 0 Å². The highest BCUT2D eigenvalue weighted by Gasteiger charge is 2.38. The average Bonchev–Trinajstić information content (AvgIpc) is 2.96.